The molecule has 0 spiro atoms. The second-order valence-electron chi connectivity index (χ2n) is 7.25. The fraction of sp³-hybridized carbons (Fsp3) is 0.318. The summed E-state index contributed by atoms with van der Waals surface area (Å²) in [5.74, 6) is 1.46. The van der Waals surface area contributed by atoms with Gasteiger partial charge in [-0.1, -0.05) is 41.9 Å². The molecule has 0 radical (unpaired) electrons. The van der Waals surface area contributed by atoms with Gasteiger partial charge in [0, 0.05) is 18.7 Å². The normalized spacial score (nSPS) is 12.4. The number of halogens is 1. The third kappa shape index (κ3) is 4.97. The van der Waals surface area contributed by atoms with Crippen molar-refractivity contribution in [2.24, 2.45) is 5.73 Å². The highest BCUT2D eigenvalue weighted by atomic mass is 35.5. The molecule has 0 aliphatic carbocycles. The van der Waals surface area contributed by atoms with E-state index in [1.807, 2.05) is 30.3 Å². The van der Waals surface area contributed by atoms with E-state index < -0.39 is 0 Å². The van der Waals surface area contributed by atoms with E-state index in [-0.39, 0.29) is 18.3 Å². The van der Waals surface area contributed by atoms with Gasteiger partial charge in [0.05, 0.1) is 15.9 Å². The Morgan fingerprint density at radius 2 is 2.03 bits per heavy atom. The summed E-state index contributed by atoms with van der Waals surface area (Å²) < 4.78 is 12.5. The SMILES string of the molecule is NC(=O)CCCCCn1c(SCc2cc(Cl)c3c(c2)OCO3)nc2ccccc2c1=O. The maximum atomic E-state index is 13.1. The van der Waals surface area contributed by atoms with Crippen molar-refractivity contribution in [2.75, 3.05) is 6.79 Å². The second kappa shape index (κ2) is 9.62. The number of hydrogen-bond acceptors (Lipinski definition) is 6. The molecule has 162 valence electrons. The number of hydrogen-bond donors (Lipinski definition) is 1. The van der Waals surface area contributed by atoms with Gasteiger partial charge in [-0.05, 0) is 42.7 Å². The molecule has 0 saturated carbocycles. The predicted molar refractivity (Wildman–Crippen MR) is 121 cm³/mol. The van der Waals surface area contributed by atoms with Gasteiger partial charge in [-0.25, -0.2) is 4.98 Å². The van der Waals surface area contributed by atoms with Gasteiger partial charge in [-0.15, -0.1) is 0 Å². The van der Waals surface area contributed by atoms with Crippen LogP contribution in [0.15, 0.2) is 46.3 Å². The van der Waals surface area contributed by atoms with Crippen LogP contribution in [0.2, 0.25) is 5.02 Å². The number of ether oxygens (including phenoxy) is 2. The van der Waals surface area contributed by atoms with Crippen molar-refractivity contribution in [3.05, 3.63) is 57.3 Å². The molecule has 2 aromatic carbocycles. The number of thioether (sulfide) groups is 1. The van der Waals surface area contributed by atoms with Crippen LogP contribution in [0.5, 0.6) is 11.5 Å². The summed E-state index contributed by atoms with van der Waals surface area (Å²) in [6, 6.07) is 11.1. The molecule has 0 bridgehead atoms. The summed E-state index contributed by atoms with van der Waals surface area (Å²) in [7, 11) is 0. The van der Waals surface area contributed by atoms with E-state index in [4.69, 9.17) is 31.8 Å². The smallest absolute Gasteiger partial charge is 0.262 e. The lowest BCUT2D eigenvalue weighted by molar-refractivity contribution is -0.118. The molecule has 9 heteroatoms. The zero-order valence-electron chi connectivity index (χ0n) is 16.8. The Balaban J connectivity index is 1.56. The van der Waals surface area contributed by atoms with Crippen LogP contribution in [-0.4, -0.2) is 22.3 Å². The van der Waals surface area contributed by atoms with Crippen molar-refractivity contribution < 1.29 is 14.3 Å². The molecule has 0 unspecified atom stereocenters. The van der Waals surface area contributed by atoms with E-state index in [0.29, 0.717) is 57.7 Å². The molecule has 1 amide bonds. The number of nitrogens with zero attached hydrogens (tertiary/aromatic N) is 2. The number of aromatic nitrogens is 2. The Morgan fingerprint density at radius 3 is 2.87 bits per heavy atom. The molecular formula is C22H22ClN3O4S. The molecule has 2 N–H and O–H groups in total. The van der Waals surface area contributed by atoms with Gasteiger partial charge >= 0.3 is 0 Å². The zero-order chi connectivity index (χ0) is 21.8. The van der Waals surface area contributed by atoms with E-state index in [1.165, 1.54) is 11.8 Å². The fourth-order valence-electron chi connectivity index (χ4n) is 3.45. The average Bonchev–Trinajstić information content (AvgIpc) is 3.23. The average molecular weight is 460 g/mol. The van der Waals surface area contributed by atoms with E-state index in [2.05, 4.69) is 0 Å². The Labute approximate surface area is 188 Å². The van der Waals surface area contributed by atoms with Gasteiger partial charge in [0.2, 0.25) is 12.7 Å². The van der Waals surface area contributed by atoms with Crippen LogP contribution in [0.1, 0.15) is 31.2 Å². The number of primary amides is 1. The first-order valence-corrected chi connectivity index (χ1v) is 11.4. The summed E-state index contributed by atoms with van der Waals surface area (Å²) in [6.07, 6.45) is 2.64. The number of carbonyl (C=O) groups excluding carboxylic acids is 1. The van der Waals surface area contributed by atoms with Gasteiger partial charge in [0.1, 0.15) is 0 Å². The molecule has 2 heterocycles. The minimum absolute atomic E-state index is 0.0632. The van der Waals surface area contributed by atoms with Gasteiger partial charge < -0.3 is 15.2 Å². The monoisotopic (exact) mass is 459 g/mol. The van der Waals surface area contributed by atoms with Crippen LogP contribution in [0.4, 0.5) is 0 Å². The zero-order valence-corrected chi connectivity index (χ0v) is 18.4. The minimum atomic E-state index is -0.303. The number of amides is 1. The number of benzene rings is 2. The lowest BCUT2D eigenvalue weighted by atomic mass is 10.2. The van der Waals surface area contributed by atoms with Crippen molar-refractivity contribution in [1.82, 2.24) is 9.55 Å². The highest BCUT2D eigenvalue weighted by molar-refractivity contribution is 7.98. The maximum Gasteiger partial charge on any atom is 0.262 e. The molecule has 0 fully saturated rings. The Bertz CT molecular complexity index is 1180. The molecule has 0 atom stereocenters. The largest absolute Gasteiger partial charge is 0.454 e. The molecular weight excluding hydrogens is 438 g/mol. The predicted octanol–water partition coefficient (Wildman–Crippen LogP) is 4.12. The first-order valence-electron chi connectivity index (χ1n) is 10.0. The third-order valence-corrected chi connectivity index (χ3v) is 6.31. The Morgan fingerprint density at radius 1 is 1.19 bits per heavy atom. The first-order chi connectivity index (χ1) is 15.0. The summed E-state index contributed by atoms with van der Waals surface area (Å²) in [4.78, 5) is 28.8. The van der Waals surface area contributed by atoms with Crippen molar-refractivity contribution in [1.29, 1.82) is 0 Å². The van der Waals surface area contributed by atoms with Crippen LogP contribution < -0.4 is 20.8 Å². The van der Waals surface area contributed by atoms with Crippen molar-refractivity contribution in [3.8, 4) is 11.5 Å². The highest BCUT2D eigenvalue weighted by Crippen LogP contribution is 2.40. The maximum absolute atomic E-state index is 13.1. The van der Waals surface area contributed by atoms with Crippen LogP contribution in [0.3, 0.4) is 0 Å². The van der Waals surface area contributed by atoms with E-state index in [9.17, 15) is 9.59 Å². The second-order valence-corrected chi connectivity index (χ2v) is 8.60. The summed E-state index contributed by atoms with van der Waals surface area (Å²) >= 11 is 7.77. The van der Waals surface area contributed by atoms with Crippen LogP contribution >= 0.6 is 23.4 Å². The topological polar surface area (TPSA) is 96.4 Å². The van der Waals surface area contributed by atoms with E-state index in [1.54, 1.807) is 10.6 Å². The third-order valence-electron chi connectivity index (χ3n) is 4.99. The Hall–Kier alpha value is -2.71. The van der Waals surface area contributed by atoms with Crippen molar-refractivity contribution in [2.45, 2.75) is 43.1 Å². The van der Waals surface area contributed by atoms with Gasteiger partial charge in [0.15, 0.2) is 16.7 Å². The number of rotatable bonds is 9. The van der Waals surface area contributed by atoms with Gasteiger partial charge in [-0.2, -0.15) is 0 Å². The minimum Gasteiger partial charge on any atom is -0.454 e. The highest BCUT2D eigenvalue weighted by Gasteiger charge is 2.19. The molecule has 1 aliphatic heterocycles. The Kier molecular flexibility index (Phi) is 6.67. The molecule has 31 heavy (non-hydrogen) atoms. The van der Waals surface area contributed by atoms with Crippen molar-refractivity contribution in [3.63, 3.8) is 0 Å². The number of fused-ring (bicyclic) bond motifs is 2. The molecule has 1 aliphatic rings. The van der Waals surface area contributed by atoms with Gasteiger partial charge in [-0.3, -0.25) is 14.2 Å². The molecule has 1 aromatic heterocycles. The number of nitrogens with two attached hydrogens (primary N) is 1. The number of para-hydroxylation sites is 1. The van der Waals surface area contributed by atoms with E-state index >= 15 is 0 Å². The summed E-state index contributed by atoms with van der Waals surface area (Å²) in [6.45, 7) is 0.687. The van der Waals surface area contributed by atoms with Crippen LogP contribution in [0.25, 0.3) is 10.9 Å². The fourth-order valence-corrected chi connectivity index (χ4v) is 4.70. The molecule has 4 rings (SSSR count). The molecule has 0 saturated heterocycles. The summed E-state index contributed by atoms with van der Waals surface area (Å²) in [5, 5.41) is 1.74. The summed E-state index contributed by atoms with van der Waals surface area (Å²) in [5.41, 5.74) is 6.76. The van der Waals surface area contributed by atoms with Gasteiger partial charge in [0.25, 0.3) is 5.56 Å². The lowest BCUT2D eigenvalue weighted by Gasteiger charge is -2.13. The molecule has 3 aromatic rings. The standard InChI is InChI=1S/C22H22ClN3O4S/c23-16-10-14(11-18-20(16)30-13-29-18)12-31-22-25-17-7-4-3-6-15(17)21(28)26(22)9-5-1-2-8-19(24)27/h3-4,6-7,10-11H,1-2,5,8-9,12-13H2,(H2,24,27). The van der Waals surface area contributed by atoms with Crippen LogP contribution in [0, 0.1) is 0 Å². The van der Waals surface area contributed by atoms with E-state index in [0.717, 1.165) is 18.4 Å². The number of unbranched alkanes of at least 4 members (excludes halogenated alkanes) is 2. The quantitative estimate of drug-likeness (QED) is 0.294. The number of carbonyl (C=O) groups is 1. The molecule has 7 nitrogen and oxygen atoms in total. The first kappa shape index (κ1) is 21.5. The van der Waals surface area contributed by atoms with Crippen molar-refractivity contribution >= 4 is 40.2 Å². The van der Waals surface area contributed by atoms with Crippen LogP contribution in [-0.2, 0) is 17.1 Å². The lowest BCUT2D eigenvalue weighted by Crippen LogP contribution is -2.23.